The van der Waals surface area contributed by atoms with Gasteiger partial charge in [-0.05, 0) is 29.2 Å². The van der Waals surface area contributed by atoms with Gasteiger partial charge in [-0.1, -0.05) is 49.9 Å². The number of benzene rings is 2. The van der Waals surface area contributed by atoms with Gasteiger partial charge < -0.3 is 4.74 Å². The molecule has 0 spiro atoms. The molecule has 0 N–H and O–H groups in total. The van der Waals surface area contributed by atoms with Crippen molar-refractivity contribution in [1.82, 2.24) is 14.9 Å². The van der Waals surface area contributed by atoms with Crippen molar-refractivity contribution in [2.24, 2.45) is 0 Å². The highest BCUT2D eigenvalue weighted by atomic mass is 32.2. The Balaban J connectivity index is 1.56. The van der Waals surface area contributed by atoms with Crippen LogP contribution in [0.1, 0.15) is 36.7 Å². The molecule has 6 nitrogen and oxygen atoms in total. The third kappa shape index (κ3) is 4.16. The third-order valence-electron chi connectivity index (χ3n) is 4.76. The number of rotatable bonds is 6. The molecule has 1 aliphatic rings. The first-order chi connectivity index (χ1) is 14.4. The molecule has 1 aromatic heterocycles. The molecule has 4 rings (SSSR count). The summed E-state index contributed by atoms with van der Waals surface area (Å²) in [7, 11) is 0. The average Bonchev–Trinajstić information content (AvgIpc) is 3.13. The van der Waals surface area contributed by atoms with Gasteiger partial charge in [0.05, 0.1) is 12.3 Å². The summed E-state index contributed by atoms with van der Waals surface area (Å²) >= 11 is 1.28. The van der Waals surface area contributed by atoms with Crippen molar-refractivity contribution >= 4 is 17.7 Å². The predicted molar refractivity (Wildman–Crippen MR) is 109 cm³/mol. The van der Waals surface area contributed by atoms with E-state index in [-0.39, 0.29) is 24.0 Å². The van der Waals surface area contributed by atoms with Gasteiger partial charge in [-0.25, -0.2) is 18.5 Å². The van der Waals surface area contributed by atoms with Crippen LogP contribution in [0, 0.1) is 11.6 Å². The highest BCUT2D eigenvalue weighted by Crippen LogP contribution is 2.26. The zero-order valence-electron chi connectivity index (χ0n) is 16.5. The largest absolute Gasteiger partial charge is 0.482 e. The van der Waals surface area contributed by atoms with Crippen LogP contribution in [0.5, 0.6) is 5.75 Å². The molecule has 156 valence electrons. The van der Waals surface area contributed by atoms with E-state index in [9.17, 15) is 13.6 Å². The number of carbonyl (C=O) groups is 1. The number of amides is 1. The minimum Gasteiger partial charge on any atom is -0.482 e. The van der Waals surface area contributed by atoms with Gasteiger partial charge in [0.2, 0.25) is 5.16 Å². The number of halogens is 2. The minimum atomic E-state index is -0.805. The summed E-state index contributed by atoms with van der Waals surface area (Å²) in [6.45, 7) is 4.48. The molecular weight excluding hydrogens is 410 g/mol. The lowest BCUT2D eigenvalue weighted by atomic mass is 10.0. The smallest absolute Gasteiger partial charge is 0.252 e. The SMILES string of the molecule is CC(C)c1ccc(CN2C(=O)CSc3nnc(COc4ccc(F)cc4F)n32)cc1. The second kappa shape index (κ2) is 8.43. The number of carbonyl (C=O) groups excluding carboxylic acids is 1. The van der Waals surface area contributed by atoms with E-state index in [0.717, 1.165) is 17.7 Å². The van der Waals surface area contributed by atoms with Crippen LogP contribution in [0.15, 0.2) is 47.6 Å². The Morgan fingerprint density at radius 2 is 1.90 bits per heavy atom. The molecule has 0 radical (unpaired) electrons. The molecule has 0 saturated carbocycles. The standard InChI is InChI=1S/C21H20F2N4O2S/c1-13(2)15-5-3-14(4-6-15)10-26-20(28)12-30-21-25-24-19(27(21)26)11-29-18-8-7-16(22)9-17(18)23/h3-9,13H,10-12H2,1-2H3. The number of hydrogen-bond donors (Lipinski definition) is 0. The fraction of sp³-hybridized carbons (Fsp3) is 0.286. The van der Waals surface area contributed by atoms with E-state index < -0.39 is 11.6 Å². The van der Waals surface area contributed by atoms with Gasteiger partial charge in [-0.3, -0.25) is 4.79 Å². The fourth-order valence-corrected chi connectivity index (χ4v) is 3.93. The third-order valence-corrected chi connectivity index (χ3v) is 5.66. The molecule has 0 atom stereocenters. The molecule has 9 heteroatoms. The number of fused-ring (bicyclic) bond motifs is 1. The van der Waals surface area contributed by atoms with Gasteiger partial charge in [0.25, 0.3) is 5.91 Å². The molecule has 1 amide bonds. The lowest BCUT2D eigenvalue weighted by Crippen LogP contribution is -2.45. The highest BCUT2D eigenvalue weighted by Gasteiger charge is 2.29. The molecule has 3 aromatic rings. The Kier molecular flexibility index (Phi) is 5.72. The summed E-state index contributed by atoms with van der Waals surface area (Å²) in [6, 6.07) is 11.2. The van der Waals surface area contributed by atoms with E-state index in [0.29, 0.717) is 23.4 Å². The van der Waals surface area contributed by atoms with Crippen LogP contribution in [0.4, 0.5) is 8.78 Å². The molecule has 0 unspecified atom stereocenters. The predicted octanol–water partition coefficient (Wildman–Crippen LogP) is 4.03. The van der Waals surface area contributed by atoms with E-state index in [1.807, 2.05) is 12.1 Å². The Morgan fingerprint density at radius 1 is 1.13 bits per heavy atom. The first-order valence-electron chi connectivity index (χ1n) is 9.47. The highest BCUT2D eigenvalue weighted by molar-refractivity contribution is 7.99. The van der Waals surface area contributed by atoms with E-state index in [2.05, 4.69) is 36.2 Å². The topological polar surface area (TPSA) is 60.3 Å². The molecule has 30 heavy (non-hydrogen) atoms. The monoisotopic (exact) mass is 430 g/mol. The average molecular weight is 430 g/mol. The second-order valence-corrected chi connectivity index (χ2v) is 8.15. The van der Waals surface area contributed by atoms with Crippen molar-refractivity contribution in [2.45, 2.75) is 38.1 Å². The van der Waals surface area contributed by atoms with Gasteiger partial charge in [0, 0.05) is 6.07 Å². The zero-order chi connectivity index (χ0) is 21.3. The molecule has 0 bridgehead atoms. The van der Waals surface area contributed by atoms with E-state index in [1.54, 1.807) is 9.69 Å². The maximum absolute atomic E-state index is 13.9. The van der Waals surface area contributed by atoms with E-state index in [4.69, 9.17) is 4.74 Å². The van der Waals surface area contributed by atoms with Gasteiger partial charge in [-0.2, -0.15) is 0 Å². The van der Waals surface area contributed by atoms with Gasteiger partial charge in [0.1, 0.15) is 12.4 Å². The molecular formula is C21H20F2N4O2S. The van der Waals surface area contributed by atoms with Gasteiger partial charge >= 0.3 is 0 Å². The number of aromatic nitrogens is 3. The van der Waals surface area contributed by atoms with Crippen LogP contribution in [0.25, 0.3) is 0 Å². The lowest BCUT2D eigenvalue weighted by Gasteiger charge is -2.29. The van der Waals surface area contributed by atoms with E-state index >= 15 is 0 Å². The van der Waals surface area contributed by atoms with Crippen molar-refractivity contribution in [3.8, 4) is 5.75 Å². The van der Waals surface area contributed by atoms with Crippen LogP contribution in [0.2, 0.25) is 0 Å². The van der Waals surface area contributed by atoms with Crippen molar-refractivity contribution in [3.05, 3.63) is 71.1 Å². The van der Waals surface area contributed by atoms with Gasteiger partial charge in [-0.15, -0.1) is 10.2 Å². The van der Waals surface area contributed by atoms with Crippen LogP contribution in [0.3, 0.4) is 0 Å². The number of hydrogen-bond acceptors (Lipinski definition) is 5. The van der Waals surface area contributed by atoms with Crippen LogP contribution < -0.4 is 9.75 Å². The normalized spacial score (nSPS) is 13.6. The summed E-state index contributed by atoms with van der Waals surface area (Å²) in [6.07, 6.45) is 0. The Bertz CT molecular complexity index is 1070. The van der Waals surface area contributed by atoms with Crippen LogP contribution in [-0.2, 0) is 17.9 Å². The summed E-state index contributed by atoms with van der Waals surface area (Å²) in [4.78, 5) is 12.6. The first-order valence-corrected chi connectivity index (χ1v) is 10.5. The summed E-state index contributed by atoms with van der Waals surface area (Å²) < 4.78 is 34.0. The maximum atomic E-state index is 13.9. The summed E-state index contributed by atoms with van der Waals surface area (Å²) in [5, 5.41) is 10.3. The Labute approximate surface area is 176 Å². The van der Waals surface area contributed by atoms with Crippen molar-refractivity contribution in [2.75, 3.05) is 10.8 Å². The van der Waals surface area contributed by atoms with Crippen molar-refractivity contribution < 1.29 is 18.3 Å². The van der Waals surface area contributed by atoms with Crippen molar-refractivity contribution in [3.63, 3.8) is 0 Å². The zero-order valence-corrected chi connectivity index (χ0v) is 17.3. The first kappa shape index (κ1) is 20.3. The number of nitrogens with zero attached hydrogens (tertiary/aromatic N) is 4. The second-order valence-electron chi connectivity index (χ2n) is 7.21. The Morgan fingerprint density at radius 3 is 2.60 bits per heavy atom. The molecule has 0 saturated heterocycles. The maximum Gasteiger partial charge on any atom is 0.252 e. The molecule has 2 aromatic carbocycles. The summed E-state index contributed by atoms with van der Waals surface area (Å²) in [5.74, 6) is -0.637. The molecule has 2 heterocycles. The van der Waals surface area contributed by atoms with E-state index in [1.165, 1.54) is 23.4 Å². The van der Waals surface area contributed by atoms with Crippen LogP contribution in [-0.4, -0.2) is 26.5 Å². The number of thioether (sulfide) groups is 1. The van der Waals surface area contributed by atoms with Gasteiger partial charge in [0.15, 0.2) is 17.4 Å². The Hall–Kier alpha value is -2.94. The molecule has 0 aliphatic carbocycles. The lowest BCUT2D eigenvalue weighted by molar-refractivity contribution is -0.118. The van der Waals surface area contributed by atoms with Crippen LogP contribution >= 0.6 is 11.8 Å². The summed E-state index contributed by atoms with van der Waals surface area (Å²) in [5.41, 5.74) is 2.19. The molecule has 1 aliphatic heterocycles. The molecule has 0 fully saturated rings. The van der Waals surface area contributed by atoms with Crippen molar-refractivity contribution in [1.29, 1.82) is 0 Å². The fourth-order valence-electron chi connectivity index (χ4n) is 3.10. The minimum absolute atomic E-state index is 0.0885. The quantitative estimate of drug-likeness (QED) is 0.591. The number of ether oxygens (including phenoxy) is 1.